The Morgan fingerprint density at radius 1 is 1.21 bits per heavy atom. The van der Waals surface area contributed by atoms with Gasteiger partial charge in [-0.05, 0) is 52.7 Å². The molecule has 0 spiro atoms. The van der Waals surface area contributed by atoms with Crippen molar-refractivity contribution in [3.63, 3.8) is 0 Å². The second-order valence-corrected chi connectivity index (χ2v) is 6.83. The quantitative estimate of drug-likeness (QED) is 0.246. The molecular formula is C23H39N5O. The minimum Gasteiger partial charge on any atom is -0.380 e. The highest BCUT2D eigenvalue weighted by molar-refractivity contribution is 6.68. The molecule has 1 N–H and O–H groups in total. The van der Waals surface area contributed by atoms with Crippen molar-refractivity contribution in [2.45, 2.75) is 48.0 Å². The summed E-state index contributed by atoms with van der Waals surface area (Å²) in [4.78, 5) is 16.0. The summed E-state index contributed by atoms with van der Waals surface area (Å²) in [6.07, 6.45) is 7.39. The van der Waals surface area contributed by atoms with E-state index in [1.807, 2.05) is 27.7 Å². The maximum absolute atomic E-state index is 5.48. The number of ether oxygens (including phenoxy) is 1. The zero-order chi connectivity index (χ0) is 21.6. The number of hydrogen-bond donors (Lipinski definition) is 1. The Balaban J connectivity index is 2.95. The molecule has 1 aliphatic heterocycles. The van der Waals surface area contributed by atoms with Crippen LogP contribution in [0.4, 0.5) is 0 Å². The lowest BCUT2D eigenvalue weighted by molar-refractivity contribution is 0.130. The zero-order valence-electron chi connectivity index (χ0n) is 19.4. The number of hydrogen-bond acceptors (Lipinski definition) is 5. The van der Waals surface area contributed by atoms with Gasteiger partial charge < -0.3 is 15.0 Å². The van der Waals surface area contributed by atoms with E-state index in [-0.39, 0.29) is 0 Å². The molecule has 0 aromatic heterocycles. The van der Waals surface area contributed by atoms with E-state index in [1.54, 1.807) is 0 Å². The van der Waals surface area contributed by atoms with Crippen molar-refractivity contribution in [3.8, 4) is 0 Å². The van der Waals surface area contributed by atoms with Gasteiger partial charge >= 0.3 is 0 Å². The first-order valence-electron chi connectivity index (χ1n) is 10.7. The number of likely N-dealkylation sites (N-methyl/N-ethyl adjacent to an activating group) is 1. The van der Waals surface area contributed by atoms with E-state index < -0.39 is 0 Å². The maximum atomic E-state index is 5.48. The molecule has 0 radical (unpaired) electrons. The molecule has 0 aromatic rings. The lowest BCUT2D eigenvalue weighted by Crippen LogP contribution is -2.37. The van der Waals surface area contributed by atoms with E-state index in [4.69, 9.17) is 4.74 Å². The van der Waals surface area contributed by atoms with Gasteiger partial charge in [-0.3, -0.25) is 15.0 Å². The van der Waals surface area contributed by atoms with E-state index in [0.29, 0.717) is 13.1 Å². The molecule has 1 rings (SSSR count). The van der Waals surface area contributed by atoms with Crippen molar-refractivity contribution in [3.05, 3.63) is 35.2 Å². The second-order valence-electron chi connectivity index (χ2n) is 6.83. The molecule has 0 aromatic carbocycles. The average Bonchev–Trinajstić information content (AvgIpc) is 2.72. The highest BCUT2D eigenvalue weighted by Gasteiger charge is 2.16. The number of rotatable bonds is 11. The Morgan fingerprint density at radius 3 is 2.52 bits per heavy atom. The Bertz CT molecular complexity index is 698. The topological polar surface area (TPSA) is 61.6 Å². The molecule has 0 aliphatic carbocycles. The summed E-state index contributed by atoms with van der Waals surface area (Å²) in [5, 5.41) is 3.49. The molecule has 1 aliphatic rings. The molecule has 0 atom stereocenters. The van der Waals surface area contributed by atoms with Crippen LogP contribution in [-0.2, 0) is 4.74 Å². The third kappa shape index (κ3) is 8.36. The van der Waals surface area contributed by atoms with Gasteiger partial charge in [0.05, 0.1) is 25.4 Å². The fourth-order valence-corrected chi connectivity index (χ4v) is 2.99. The van der Waals surface area contributed by atoms with Gasteiger partial charge in [0.1, 0.15) is 5.71 Å². The normalized spacial score (nSPS) is 16.5. The van der Waals surface area contributed by atoms with Crippen LogP contribution in [0.5, 0.6) is 0 Å². The van der Waals surface area contributed by atoms with Crippen LogP contribution in [0.3, 0.4) is 0 Å². The van der Waals surface area contributed by atoms with Gasteiger partial charge in [-0.25, -0.2) is 0 Å². The van der Waals surface area contributed by atoms with Gasteiger partial charge in [0.15, 0.2) is 5.84 Å². The standard InChI is InChI=1S/C23H39N5O/c1-8-20(28(7)16-17-29-11-4)13-12-18(5)21(9-2)27-23(24-10-3)22-19(6)25-14-15-26-22/h9,12-13H,8,10-11,14-17H2,1-7H3,(H,24,27)/b18-12+,20-13+,21-9-. The average molecular weight is 402 g/mol. The van der Waals surface area contributed by atoms with Gasteiger partial charge in [0.25, 0.3) is 0 Å². The molecule has 6 heteroatoms. The SMILES string of the molecule is C/C=C(NC(=NCC)C1=NCCN=C1C)/C(C)=C/C=C(\CC)N(C)CCOCC. The number of amidine groups is 1. The van der Waals surface area contributed by atoms with E-state index in [0.717, 1.165) is 61.3 Å². The minimum atomic E-state index is 0.693. The van der Waals surface area contributed by atoms with Gasteiger partial charge in [-0.1, -0.05) is 19.1 Å². The molecule has 0 bridgehead atoms. The summed E-state index contributed by atoms with van der Waals surface area (Å²) in [7, 11) is 2.11. The van der Waals surface area contributed by atoms with Crippen LogP contribution in [0.2, 0.25) is 0 Å². The highest BCUT2D eigenvalue weighted by atomic mass is 16.5. The van der Waals surface area contributed by atoms with E-state index >= 15 is 0 Å². The molecule has 0 saturated heterocycles. The van der Waals surface area contributed by atoms with Crippen LogP contribution in [0.15, 0.2) is 50.2 Å². The van der Waals surface area contributed by atoms with E-state index in [2.05, 4.69) is 64.3 Å². The summed E-state index contributed by atoms with van der Waals surface area (Å²) in [6.45, 7) is 16.9. The lowest BCUT2D eigenvalue weighted by atomic mass is 10.1. The van der Waals surface area contributed by atoms with Gasteiger partial charge in [-0.15, -0.1) is 0 Å². The smallest absolute Gasteiger partial charge is 0.153 e. The number of nitrogens with one attached hydrogen (secondary N) is 1. The van der Waals surface area contributed by atoms with Crippen molar-refractivity contribution >= 4 is 17.3 Å². The Morgan fingerprint density at radius 2 is 1.93 bits per heavy atom. The zero-order valence-corrected chi connectivity index (χ0v) is 19.4. The summed E-state index contributed by atoms with van der Waals surface area (Å²) in [6, 6.07) is 0. The Labute approximate surface area is 177 Å². The Hall–Kier alpha value is -2.21. The van der Waals surface area contributed by atoms with Crippen LogP contribution in [-0.4, -0.2) is 68.6 Å². The Kier molecular flexibility index (Phi) is 11.9. The summed E-state index contributed by atoms with van der Waals surface area (Å²) < 4.78 is 5.48. The summed E-state index contributed by atoms with van der Waals surface area (Å²) in [5.74, 6) is 0.794. The van der Waals surface area contributed by atoms with Gasteiger partial charge in [0.2, 0.25) is 0 Å². The first-order valence-corrected chi connectivity index (χ1v) is 10.7. The van der Waals surface area contributed by atoms with Crippen LogP contribution in [0.25, 0.3) is 0 Å². The van der Waals surface area contributed by atoms with Crippen LogP contribution >= 0.6 is 0 Å². The van der Waals surface area contributed by atoms with E-state index in [1.165, 1.54) is 5.70 Å². The second kappa shape index (κ2) is 13.9. The van der Waals surface area contributed by atoms with Gasteiger partial charge in [0, 0.05) is 38.1 Å². The van der Waals surface area contributed by atoms with Crippen molar-refractivity contribution < 1.29 is 4.74 Å². The summed E-state index contributed by atoms with van der Waals surface area (Å²) in [5.41, 5.74) is 5.26. The third-order valence-electron chi connectivity index (χ3n) is 4.72. The number of allylic oxidation sites excluding steroid dienone is 5. The van der Waals surface area contributed by atoms with Crippen molar-refractivity contribution in [1.29, 1.82) is 0 Å². The highest BCUT2D eigenvalue weighted by Crippen LogP contribution is 2.12. The van der Waals surface area contributed by atoms with Crippen molar-refractivity contribution in [2.24, 2.45) is 15.0 Å². The predicted molar refractivity (Wildman–Crippen MR) is 126 cm³/mol. The molecule has 0 saturated carbocycles. The minimum absolute atomic E-state index is 0.693. The predicted octanol–water partition coefficient (Wildman–Crippen LogP) is 4.02. The van der Waals surface area contributed by atoms with E-state index in [9.17, 15) is 0 Å². The first kappa shape index (κ1) is 24.8. The van der Waals surface area contributed by atoms with Crippen molar-refractivity contribution in [2.75, 3.05) is 46.4 Å². The maximum Gasteiger partial charge on any atom is 0.153 e. The van der Waals surface area contributed by atoms with Crippen molar-refractivity contribution in [1.82, 2.24) is 10.2 Å². The largest absolute Gasteiger partial charge is 0.380 e. The molecule has 162 valence electrons. The molecule has 0 unspecified atom stereocenters. The van der Waals surface area contributed by atoms with Gasteiger partial charge in [-0.2, -0.15) is 0 Å². The van der Waals surface area contributed by atoms with Crippen LogP contribution in [0, 0.1) is 0 Å². The monoisotopic (exact) mass is 401 g/mol. The third-order valence-corrected chi connectivity index (χ3v) is 4.72. The molecule has 29 heavy (non-hydrogen) atoms. The van der Waals surface area contributed by atoms with Crippen LogP contribution in [0.1, 0.15) is 48.0 Å². The fraction of sp³-hybridized carbons (Fsp3) is 0.609. The fourth-order valence-electron chi connectivity index (χ4n) is 2.99. The molecular weight excluding hydrogens is 362 g/mol. The number of nitrogens with zero attached hydrogens (tertiary/aromatic N) is 4. The van der Waals surface area contributed by atoms with Crippen LogP contribution < -0.4 is 5.32 Å². The molecule has 1 heterocycles. The molecule has 6 nitrogen and oxygen atoms in total. The lowest BCUT2D eigenvalue weighted by Gasteiger charge is -2.21. The summed E-state index contributed by atoms with van der Waals surface area (Å²) >= 11 is 0. The first-order chi connectivity index (χ1) is 14.0. The molecule has 0 fully saturated rings. The molecule has 0 amide bonds. The number of aliphatic imine (C=N–C) groups is 3.